The fourth-order valence-electron chi connectivity index (χ4n) is 2.57. The van der Waals surface area contributed by atoms with Crippen molar-refractivity contribution < 1.29 is 8.78 Å². The maximum atomic E-state index is 13.7. The van der Waals surface area contributed by atoms with Crippen LogP contribution in [0.15, 0.2) is 48.9 Å². The van der Waals surface area contributed by atoms with Crippen molar-refractivity contribution in [2.24, 2.45) is 7.05 Å². The lowest BCUT2D eigenvalue weighted by Crippen LogP contribution is -2.06. The van der Waals surface area contributed by atoms with E-state index in [9.17, 15) is 8.78 Å². The summed E-state index contributed by atoms with van der Waals surface area (Å²) < 4.78 is 30.1. The Bertz CT molecular complexity index is 1050. The topological polar surface area (TPSA) is 60.0 Å². The summed E-state index contributed by atoms with van der Waals surface area (Å²) in [6, 6.07) is 7.08. The number of hydrogen-bond donors (Lipinski definition) is 1. The highest BCUT2D eigenvalue weighted by Crippen LogP contribution is 2.20. The number of fused-ring (bicyclic) bond motifs is 1. The van der Waals surface area contributed by atoms with E-state index in [1.807, 2.05) is 19.3 Å². The summed E-state index contributed by atoms with van der Waals surface area (Å²) in [6.45, 7) is 0.196. The monoisotopic (exact) mass is 340 g/mol. The van der Waals surface area contributed by atoms with E-state index in [4.69, 9.17) is 0 Å². The van der Waals surface area contributed by atoms with Crippen molar-refractivity contribution in [1.29, 1.82) is 0 Å². The lowest BCUT2D eigenvalue weighted by Gasteiger charge is -2.08. The molecule has 0 fully saturated rings. The van der Waals surface area contributed by atoms with Crippen LogP contribution in [0.25, 0.3) is 16.9 Å². The standard InChI is InChI=1S/C17H14F2N6/c1-24-10-12(8-22-24)15-9-21-17-5-4-16(23-25(15)17)20-7-11-2-3-13(18)6-14(11)19/h2-6,8-10H,7H2,1H3,(H,20,23). The molecule has 0 aliphatic rings. The molecule has 4 aromatic rings. The molecule has 0 atom stereocenters. The number of nitrogens with one attached hydrogen (secondary N) is 1. The molecule has 0 aliphatic heterocycles. The van der Waals surface area contributed by atoms with Crippen LogP contribution in [0.5, 0.6) is 0 Å². The third-order valence-corrected chi connectivity index (χ3v) is 3.84. The van der Waals surface area contributed by atoms with Gasteiger partial charge in [-0.25, -0.2) is 18.3 Å². The van der Waals surface area contributed by atoms with Gasteiger partial charge in [-0.15, -0.1) is 5.10 Å². The van der Waals surface area contributed by atoms with Crippen molar-refractivity contribution in [3.63, 3.8) is 0 Å². The van der Waals surface area contributed by atoms with Gasteiger partial charge in [0.1, 0.15) is 17.5 Å². The van der Waals surface area contributed by atoms with Crippen LogP contribution >= 0.6 is 0 Å². The van der Waals surface area contributed by atoms with Crippen molar-refractivity contribution >= 4 is 11.5 Å². The average molecular weight is 340 g/mol. The van der Waals surface area contributed by atoms with Gasteiger partial charge in [0.15, 0.2) is 5.65 Å². The molecule has 0 spiro atoms. The van der Waals surface area contributed by atoms with Crippen LogP contribution in [0.3, 0.4) is 0 Å². The highest BCUT2D eigenvalue weighted by Gasteiger charge is 2.10. The Hall–Kier alpha value is -3.29. The minimum atomic E-state index is -0.597. The molecule has 4 rings (SSSR count). The third kappa shape index (κ3) is 2.93. The Kier molecular flexibility index (Phi) is 3.64. The number of nitrogens with zero attached hydrogens (tertiary/aromatic N) is 5. The minimum absolute atomic E-state index is 0.196. The van der Waals surface area contributed by atoms with Gasteiger partial charge in [-0.2, -0.15) is 5.10 Å². The maximum absolute atomic E-state index is 13.7. The lowest BCUT2D eigenvalue weighted by molar-refractivity contribution is 0.574. The molecule has 0 saturated carbocycles. The molecule has 1 N–H and O–H groups in total. The summed E-state index contributed by atoms with van der Waals surface area (Å²) >= 11 is 0. The molecule has 0 radical (unpaired) electrons. The smallest absolute Gasteiger partial charge is 0.154 e. The number of rotatable bonds is 4. The molecule has 3 heterocycles. The van der Waals surface area contributed by atoms with E-state index in [0.29, 0.717) is 17.0 Å². The zero-order valence-electron chi connectivity index (χ0n) is 13.3. The maximum Gasteiger partial charge on any atom is 0.154 e. The predicted molar refractivity (Wildman–Crippen MR) is 88.9 cm³/mol. The van der Waals surface area contributed by atoms with Crippen molar-refractivity contribution in [3.8, 4) is 11.3 Å². The Morgan fingerprint density at radius 1 is 1.12 bits per heavy atom. The molecule has 0 amide bonds. The number of aromatic nitrogens is 5. The van der Waals surface area contributed by atoms with Crippen molar-refractivity contribution in [3.05, 3.63) is 66.1 Å². The van der Waals surface area contributed by atoms with Gasteiger partial charge in [-0.05, 0) is 18.2 Å². The molecular weight excluding hydrogens is 326 g/mol. The normalized spacial score (nSPS) is 11.2. The number of hydrogen-bond acceptors (Lipinski definition) is 4. The van der Waals surface area contributed by atoms with Crippen LogP contribution in [0.2, 0.25) is 0 Å². The van der Waals surface area contributed by atoms with Crippen LogP contribution < -0.4 is 5.32 Å². The van der Waals surface area contributed by atoms with Crippen LogP contribution in [0.4, 0.5) is 14.6 Å². The highest BCUT2D eigenvalue weighted by molar-refractivity contribution is 5.62. The molecular formula is C17H14F2N6. The second-order valence-corrected chi connectivity index (χ2v) is 5.62. The largest absolute Gasteiger partial charge is 0.364 e. The Morgan fingerprint density at radius 2 is 2.00 bits per heavy atom. The SMILES string of the molecule is Cn1cc(-c2cnc3ccc(NCc4ccc(F)cc4F)nn23)cn1. The summed E-state index contributed by atoms with van der Waals surface area (Å²) in [5.41, 5.74) is 2.75. The lowest BCUT2D eigenvalue weighted by atomic mass is 10.2. The minimum Gasteiger partial charge on any atom is -0.364 e. The molecule has 1 aromatic carbocycles. The van der Waals surface area contributed by atoms with Crippen LogP contribution in [-0.4, -0.2) is 24.4 Å². The van der Waals surface area contributed by atoms with E-state index in [-0.39, 0.29) is 6.54 Å². The van der Waals surface area contributed by atoms with Crippen molar-refractivity contribution in [2.45, 2.75) is 6.54 Å². The number of anilines is 1. The molecule has 8 heteroatoms. The predicted octanol–water partition coefficient (Wildman–Crippen LogP) is 3.02. The molecule has 0 bridgehead atoms. The second kappa shape index (κ2) is 5.97. The van der Waals surface area contributed by atoms with Crippen molar-refractivity contribution in [2.75, 3.05) is 5.32 Å². The highest BCUT2D eigenvalue weighted by atomic mass is 19.1. The molecule has 3 aromatic heterocycles. The first-order chi connectivity index (χ1) is 12.1. The Morgan fingerprint density at radius 3 is 2.76 bits per heavy atom. The van der Waals surface area contributed by atoms with Crippen LogP contribution in [0.1, 0.15) is 5.56 Å². The Balaban J connectivity index is 1.62. The van der Waals surface area contributed by atoms with E-state index in [1.54, 1.807) is 27.7 Å². The fourth-order valence-corrected chi connectivity index (χ4v) is 2.57. The number of imidazole rings is 1. The first-order valence-corrected chi connectivity index (χ1v) is 7.62. The zero-order chi connectivity index (χ0) is 17.4. The first kappa shape index (κ1) is 15.3. The number of aryl methyl sites for hydroxylation is 1. The summed E-state index contributed by atoms with van der Waals surface area (Å²) in [5, 5.41) is 11.7. The number of benzene rings is 1. The summed E-state index contributed by atoms with van der Waals surface area (Å²) in [5.74, 6) is -0.632. The average Bonchev–Trinajstić information content (AvgIpc) is 3.19. The van der Waals surface area contributed by atoms with Gasteiger partial charge in [0.25, 0.3) is 0 Å². The zero-order valence-corrected chi connectivity index (χ0v) is 13.3. The third-order valence-electron chi connectivity index (χ3n) is 3.84. The first-order valence-electron chi connectivity index (χ1n) is 7.62. The molecule has 0 unspecified atom stereocenters. The quantitative estimate of drug-likeness (QED) is 0.620. The molecule has 25 heavy (non-hydrogen) atoms. The van der Waals surface area contributed by atoms with Gasteiger partial charge < -0.3 is 5.32 Å². The molecule has 0 saturated heterocycles. The van der Waals surface area contributed by atoms with E-state index in [0.717, 1.165) is 17.3 Å². The van der Waals surface area contributed by atoms with Gasteiger partial charge in [0.2, 0.25) is 0 Å². The van der Waals surface area contributed by atoms with Crippen LogP contribution in [-0.2, 0) is 13.6 Å². The molecule has 0 aliphatic carbocycles. The van der Waals surface area contributed by atoms with E-state index in [1.165, 1.54) is 12.1 Å². The van der Waals surface area contributed by atoms with Gasteiger partial charge in [0.05, 0.1) is 18.1 Å². The van der Waals surface area contributed by atoms with Crippen molar-refractivity contribution in [1.82, 2.24) is 24.4 Å². The van der Waals surface area contributed by atoms with Crippen LogP contribution in [0, 0.1) is 11.6 Å². The van der Waals surface area contributed by atoms with Gasteiger partial charge in [-0.3, -0.25) is 4.68 Å². The van der Waals surface area contributed by atoms with Gasteiger partial charge >= 0.3 is 0 Å². The Labute approximate surface area is 141 Å². The number of halogens is 2. The van der Waals surface area contributed by atoms with E-state index in [2.05, 4.69) is 20.5 Å². The summed E-state index contributed by atoms with van der Waals surface area (Å²) in [7, 11) is 1.84. The van der Waals surface area contributed by atoms with E-state index < -0.39 is 11.6 Å². The van der Waals surface area contributed by atoms with Gasteiger partial charge in [-0.1, -0.05) is 6.07 Å². The second-order valence-electron chi connectivity index (χ2n) is 5.62. The van der Waals surface area contributed by atoms with Gasteiger partial charge in [0, 0.05) is 37.0 Å². The fraction of sp³-hybridized carbons (Fsp3) is 0.118. The summed E-state index contributed by atoms with van der Waals surface area (Å²) in [4.78, 5) is 4.32. The van der Waals surface area contributed by atoms with E-state index >= 15 is 0 Å². The molecule has 6 nitrogen and oxygen atoms in total. The molecule has 126 valence electrons. The summed E-state index contributed by atoms with van der Waals surface area (Å²) in [6.07, 6.45) is 5.33.